The first-order chi connectivity index (χ1) is 8.88. The molecule has 3 N–H and O–H groups in total. The molecule has 0 saturated heterocycles. The van der Waals surface area contributed by atoms with Crippen LogP contribution in [0.15, 0.2) is 17.5 Å². The Bertz CT molecular complexity index is 421. The van der Waals surface area contributed by atoms with Gasteiger partial charge in [-0.1, -0.05) is 39.3 Å². The molecule has 0 unspecified atom stereocenters. The second kappa shape index (κ2) is 6.59. The Labute approximate surface area is 115 Å². The van der Waals surface area contributed by atoms with Crippen molar-refractivity contribution in [2.24, 2.45) is 16.3 Å². The van der Waals surface area contributed by atoms with E-state index in [2.05, 4.69) is 28.6 Å². The maximum Gasteiger partial charge on any atom is 0.144 e. The Morgan fingerprint density at radius 2 is 2.16 bits per heavy atom. The van der Waals surface area contributed by atoms with E-state index in [1.807, 2.05) is 26.2 Å². The molecule has 0 bridgehead atoms. The fourth-order valence-electron chi connectivity index (χ4n) is 2.12. The number of oxime groups is 1. The molecule has 19 heavy (non-hydrogen) atoms. The number of amidine groups is 1. The topological polar surface area (TPSA) is 76.4 Å². The SMILES string of the molecule is CC(C)c1nccn1CCCCC(C)(C)/C(N)=N/O. The van der Waals surface area contributed by atoms with Crippen molar-refractivity contribution in [3.05, 3.63) is 18.2 Å². The van der Waals surface area contributed by atoms with Gasteiger partial charge in [-0.2, -0.15) is 0 Å². The number of hydrogen-bond acceptors (Lipinski definition) is 3. The zero-order chi connectivity index (χ0) is 14.5. The largest absolute Gasteiger partial charge is 0.409 e. The molecule has 0 spiro atoms. The lowest BCUT2D eigenvalue weighted by Crippen LogP contribution is -2.31. The van der Waals surface area contributed by atoms with Crippen LogP contribution in [-0.2, 0) is 6.54 Å². The van der Waals surface area contributed by atoms with Crippen molar-refractivity contribution in [2.75, 3.05) is 0 Å². The van der Waals surface area contributed by atoms with Gasteiger partial charge in [-0.25, -0.2) is 4.98 Å². The third kappa shape index (κ3) is 4.26. The van der Waals surface area contributed by atoms with Crippen LogP contribution in [0.25, 0.3) is 0 Å². The summed E-state index contributed by atoms with van der Waals surface area (Å²) in [5.41, 5.74) is 5.43. The highest BCUT2D eigenvalue weighted by atomic mass is 16.4. The number of rotatable bonds is 7. The summed E-state index contributed by atoms with van der Waals surface area (Å²) >= 11 is 0. The zero-order valence-electron chi connectivity index (χ0n) is 12.4. The highest BCUT2D eigenvalue weighted by Crippen LogP contribution is 2.23. The summed E-state index contributed by atoms with van der Waals surface area (Å²) in [5, 5.41) is 11.8. The summed E-state index contributed by atoms with van der Waals surface area (Å²) < 4.78 is 2.21. The van der Waals surface area contributed by atoms with E-state index in [4.69, 9.17) is 10.9 Å². The molecule has 108 valence electrons. The van der Waals surface area contributed by atoms with Gasteiger partial charge in [-0.05, 0) is 12.8 Å². The Morgan fingerprint density at radius 1 is 1.47 bits per heavy atom. The Balaban J connectivity index is 2.41. The number of aryl methyl sites for hydroxylation is 1. The molecule has 0 aliphatic heterocycles. The Kier molecular flexibility index (Phi) is 5.39. The first kappa shape index (κ1) is 15.5. The van der Waals surface area contributed by atoms with Crippen LogP contribution in [0.2, 0.25) is 0 Å². The van der Waals surface area contributed by atoms with Crippen molar-refractivity contribution in [1.82, 2.24) is 9.55 Å². The number of nitrogens with two attached hydrogens (primary N) is 1. The van der Waals surface area contributed by atoms with Crippen molar-refractivity contribution in [3.63, 3.8) is 0 Å². The fraction of sp³-hybridized carbons (Fsp3) is 0.714. The first-order valence-corrected chi connectivity index (χ1v) is 6.87. The van der Waals surface area contributed by atoms with Crippen LogP contribution in [0.1, 0.15) is 58.7 Å². The van der Waals surface area contributed by atoms with Gasteiger partial charge in [0.2, 0.25) is 0 Å². The number of unbranched alkanes of at least 4 members (excludes halogenated alkanes) is 1. The highest BCUT2D eigenvalue weighted by Gasteiger charge is 2.22. The van der Waals surface area contributed by atoms with Crippen LogP contribution in [0.5, 0.6) is 0 Å². The van der Waals surface area contributed by atoms with Crippen LogP contribution in [0, 0.1) is 5.41 Å². The van der Waals surface area contributed by atoms with E-state index in [9.17, 15) is 0 Å². The smallest absolute Gasteiger partial charge is 0.144 e. The molecule has 5 nitrogen and oxygen atoms in total. The molecule has 1 aromatic rings. The van der Waals surface area contributed by atoms with Gasteiger partial charge in [0.05, 0.1) is 0 Å². The molecule has 0 saturated carbocycles. The summed E-state index contributed by atoms with van der Waals surface area (Å²) in [4.78, 5) is 4.38. The molecule has 0 aliphatic carbocycles. The van der Waals surface area contributed by atoms with Crippen LogP contribution in [0.4, 0.5) is 0 Å². The van der Waals surface area contributed by atoms with Gasteiger partial charge in [-0.15, -0.1) is 0 Å². The monoisotopic (exact) mass is 266 g/mol. The minimum Gasteiger partial charge on any atom is -0.409 e. The van der Waals surface area contributed by atoms with Gasteiger partial charge in [-0.3, -0.25) is 0 Å². The lowest BCUT2D eigenvalue weighted by molar-refractivity contribution is 0.304. The van der Waals surface area contributed by atoms with Gasteiger partial charge in [0, 0.05) is 30.3 Å². The standard InChI is InChI=1S/C14H26N4O/c1-11(2)12-16-8-10-18(12)9-6-5-7-14(3,4)13(15)17-19/h8,10-11,19H,5-7,9H2,1-4H3,(H2,15,17). The summed E-state index contributed by atoms with van der Waals surface area (Å²) in [6, 6.07) is 0. The van der Waals surface area contributed by atoms with E-state index in [1.54, 1.807) is 0 Å². The maximum atomic E-state index is 8.73. The third-order valence-corrected chi connectivity index (χ3v) is 3.52. The van der Waals surface area contributed by atoms with Crippen LogP contribution < -0.4 is 5.73 Å². The fourth-order valence-corrected chi connectivity index (χ4v) is 2.12. The van der Waals surface area contributed by atoms with Crippen LogP contribution in [0.3, 0.4) is 0 Å². The minimum atomic E-state index is -0.245. The zero-order valence-corrected chi connectivity index (χ0v) is 12.4. The number of nitrogens with zero attached hydrogens (tertiary/aromatic N) is 3. The normalized spacial score (nSPS) is 13.2. The van der Waals surface area contributed by atoms with Crippen LogP contribution >= 0.6 is 0 Å². The number of hydrogen-bond donors (Lipinski definition) is 2. The molecule has 1 heterocycles. The number of imidazole rings is 1. The van der Waals surface area contributed by atoms with Crippen molar-refractivity contribution in [1.29, 1.82) is 0 Å². The predicted octanol–water partition coefficient (Wildman–Crippen LogP) is 2.95. The average Bonchev–Trinajstić information content (AvgIpc) is 2.82. The quantitative estimate of drug-likeness (QED) is 0.262. The molecule has 0 aliphatic rings. The third-order valence-electron chi connectivity index (χ3n) is 3.52. The summed E-state index contributed by atoms with van der Waals surface area (Å²) in [7, 11) is 0. The molecular weight excluding hydrogens is 240 g/mol. The molecule has 1 rings (SSSR count). The summed E-state index contributed by atoms with van der Waals surface area (Å²) in [5.74, 6) is 1.89. The molecule has 0 radical (unpaired) electrons. The van der Waals surface area contributed by atoms with E-state index in [1.165, 1.54) is 0 Å². The summed E-state index contributed by atoms with van der Waals surface area (Å²) in [6.45, 7) is 9.28. The highest BCUT2D eigenvalue weighted by molar-refractivity contribution is 5.85. The van der Waals surface area contributed by atoms with Crippen molar-refractivity contribution in [3.8, 4) is 0 Å². The van der Waals surface area contributed by atoms with Crippen molar-refractivity contribution in [2.45, 2.75) is 59.4 Å². The Hall–Kier alpha value is -1.52. The lowest BCUT2D eigenvalue weighted by atomic mass is 9.86. The van der Waals surface area contributed by atoms with E-state index in [0.29, 0.717) is 11.8 Å². The second-order valence-corrected chi connectivity index (χ2v) is 5.96. The van der Waals surface area contributed by atoms with E-state index >= 15 is 0 Å². The van der Waals surface area contributed by atoms with Gasteiger partial charge in [0.15, 0.2) is 0 Å². The van der Waals surface area contributed by atoms with Gasteiger partial charge < -0.3 is 15.5 Å². The predicted molar refractivity (Wildman–Crippen MR) is 77.4 cm³/mol. The molecule has 5 heteroatoms. The molecule has 1 aromatic heterocycles. The molecule has 0 atom stereocenters. The van der Waals surface area contributed by atoms with Crippen molar-refractivity contribution < 1.29 is 5.21 Å². The average molecular weight is 266 g/mol. The number of aromatic nitrogens is 2. The molecule has 0 aromatic carbocycles. The van der Waals surface area contributed by atoms with Crippen LogP contribution in [-0.4, -0.2) is 20.6 Å². The van der Waals surface area contributed by atoms with E-state index < -0.39 is 0 Å². The van der Waals surface area contributed by atoms with E-state index in [-0.39, 0.29) is 5.41 Å². The van der Waals surface area contributed by atoms with E-state index in [0.717, 1.165) is 31.6 Å². The van der Waals surface area contributed by atoms with Crippen molar-refractivity contribution >= 4 is 5.84 Å². The lowest BCUT2D eigenvalue weighted by Gasteiger charge is -2.22. The van der Waals surface area contributed by atoms with Gasteiger partial charge >= 0.3 is 0 Å². The summed E-state index contributed by atoms with van der Waals surface area (Å²) in [6.07, 6.45) is 6.91. The first-order valence-electron chi connectivity index (χ1n) is 6.87. The van der Waals surface area contributed by atoms with Gasteiger partial charge in [0.25, 0.3) is 0 Å². The molecular formula is C14H26N4O. The Morgan fingerprint density at radius 3 is 2.74 bits per heavy atom. The minimum absolute atomic E-state index is 0.245. The second-order valence-electron chi connectivity index (χ2n) is 5.96. The molecule has 0 amide bonds. The molecule has 0 fully saturated rings. The van der Waals surface area contributed by atoms with Gasteiger partial charge in [0.1, 0.15) is 11.7 Å². The maximum absolute atomic E-state index is 8.73.